The van der Waals surface area contributed by atoms with E-state index in [4.69, 9.17) is 4.74 Å². The predicted molar refractivity (Wildman–Crippen MR) is 67.7 cm³/mol. The zero-order valence-corrected chi connectivity index (χ0v) is 10.4. The third-order valence-electron chi connectivity index (χ3n) is 2.95. The number of amides is 2. The Bertz CT molecular complexity index is 443. The molecular formula is C13H16N2O4. The molecule has 0 aliphatic carbocycles. The van der Waals surface area contributed by atoms with Gasteiger partial charge in [-0.15, -0.1) is 0 Å². The van der Waals surface area contributed by atoms with Crippen molar-refractivity contribution in [1.29, 1.82) is 0 Å². The minimum absolute atomic E-state index is 0.375. The quantitative estimate of drug-likeness (QED) is 0.848. The first-order valence-electron chi connectivity index (χ1n) is 6.09. The van der Waals surface area contributed by atoms with Crippen LogP contribution < -0.4 is 5.32 Å². The fourth-order valence-corrected chi connectivity index (χ4v) is 1.91. The number of nitrogens with one attached hydrogen (secondary N) is 1. The number of hydrogen-bond donors (Lipinski definition) is 2. The van der Waals surface area contributed by atoms with E-state index in [1.807, 2.05) is 0 Å². The lowest BCUT2D eigenvalue weighted by atomic mass is 10.1. The predicted octanol–water partition coefficient (Wildman–Crippen LogP) is 0.854. The van der Waals surface area contributed by atoms with Crippen LogP contribution in [0.4, 0.5) is 4.79 Å². The van der Waals surface area contributed by atoms with E-state index in [0.29, 0.717) is 31.9 Å². The SMILES string of the molecule is O=C(O)C(NC(=O)N1CCOCC1)c1ccccc1. The summed E-state index contributed by atoms with van der Waals surface area (Å²) < 4.78 is 5.15. The molecule has 1 aromatic carbocycles. The zero-order chi connectivity index (χ0) is 13.7. The summed E-state index contributed by atoms with van der Waals surface area (Å²) >= 11 is 0. The Hall–Kier alpha value is -2.08. The molecule has 2 N–H and O–H groups in total. The van der Waals surface area contributed by atoms with Crippen LogP contribution in [0.25, 0.3) is 0 Å². The number of urea groups is 1. The lowest BCUT2D eigenvalue weighted by molar-refractivity contribution is -0.139. The third kappa shape index (κ3) is 3.45. The summed E-state index contributed by atoms with van der Waals surface area (Å²) in [7, 11) is 0. The molecular weight excluding hydrogens is 248 g/mol. The van der Waals surface area contributed by atoms with Gasteiger partial charge >= 0.3 is 12.0 Å². The number of carbonyl (C=O) groups excluding carboxylic acids is 1. The first kappa shape index (κ1) is 13.4. The first-order valence-corrected chi connectivity index (χ1v) is 6.09. The second-order valence-electron chi connectivity index (χ2n) is 4.23. The Morgan fingerprint density at radius 1 is 1.21 bits per heavy atom. The molecule has 102 valence electrons. The third-order valence-corrected chi connectivity index (χ3v) is 2.95. The normalized spacial score (nSPS) is 16.7. The van der Waals surface area contributed by atoms with Crippen molar-refractivity contribution < 1.29 is 19.4 Å². The van der Waals surface area contributed by atoms with E-state index >= 15 is 0 Å². The summed E-state index contributed by atoms with van der Waals surface area (Å²) in [5.41, 5.74) is 0.552. The molecule has 1 saturated heterocycles. The summed E-state index contributed by atoms with van der Waals surface area (Å²) in [6, 6.07) is 7.23. The van der Waals surface area contributed by atoms with Crippen LogP contribution in [0, 0.1) is 0 Å². The van der Waals surface area contributed by atoms with Crippen LogP contribution in [0.2, 0.25) is 0 Å². The maximum Gasteiger partial charge on any atom is 0.330 e. The highest BCUT2D eigenvalue weighted by Gasteiger charge is 2.25. The Morgan fingerprint density at radius 3 is 2.42 bits per heavy atom. The molecule has 6 heteroatoms. The lowest BCUT2D eigenvalue weighted by Crippen LogP contribution is -2.48. The van der Waals surface area contributed by atoms with Crippen molar-refractivity contribution >= 4 is 12.0 Å². The van der Waals surface area contributed by atoms with Gasteiger partial charge < -0.3 is 20.1 Å². The van der Waals surface area contributed by atoms with Crippen LogP contribution in [-0.4, -0.2) is 48.3 Å². The van der Waals surface area contributed by atoms with Gasteiger partial charge in [0.15, 0.2) is 6.04 Å². The molecule has 1 fully saturated rings. The molecule has 2 rings (SSSR count). The van der Waals surface area contributed by atoms with Gasteiger partial charge in [0.25, 0.3) is 0 Å². The molecule has 6 nitrogen and oxygen atoms in total. The average Bonchev–Trinajstić information content (AvgIpc) is 2.46. The fraction of sp³-hybridized carbons (Fsp3) is 0.385. The van der Waals surface area contributed by atoms with Gasteiger partial charge in [0.2, 0.25) is 0 Å². The highest BCUT2D eigenvalue weighted by Crippen LogP contribution is 2.13. The van der Waals surface area contributed by atoms with E-state index in [0.717, 1.165) is 0 Å². The van der Waals surface area contributed by atoms with Crippen molar-refractivity contribution in [2.75, 3.05) is 26.3 Å². The molecule has 1 heterocycles. The van der Waals surface area contributed by atoms with Gasteiger partial charge in [0.05, 0.1) is 13.2 Å². The summed E-state index contributed by atoms with van der Waals surface area (Å²) in [5.74, 6) is -1.08. The van der Waals surface area contributed by atoms with E-state index in [1.165, 1.54) is 0 Å². The summed E-state index contributed by atoms with van der Waals surface area (Å²) in [6.07, 6.45) is 0. The van der Waals surface area contributed by atoms with Crippen molar-refractivity contribution in [2.45, 2.75) is 6.04 Å². The van der Waals surface area contributed by atoms with E-state index in [2.05, 4.69) is 5.32 Å². The van der Waals surface area contributed by atoms with Crippen molar-refractivity contribution in [3.8, 4) is 0 Å². The van der Waals surface area contributed by atoms with Gasteiger partial charge in [-0.3, -0.25) is 0 Å². The van der Waals surface area contributed by atoms with E-state index in [-0.39, 0.29) is 6.03 Å². The minimum Gasteiger partial charge on any atom is -0.479 e. The van der Waals surface area contributed by atoms with Crippen LogP contribution in [0.1, 0.15) is 11.6 Å². The number of morpholine rings is 1. The van der Waals surface area contributed by atoms with Gasteiger partial charge in [0, 0.05) is 13.1 Å². The van der Waals surface area contributed by atoms with Gasteiger partial charge in [0.1, 0.15) is 0 Å². The number of aliphatic carboxylic acids is 1. The maximum atomic E-state index is 12.0. The molecule has 2 amide bonds. The highest BCUT2D eigenvalue weighted by molar-refractivity contribution is 5.83. The number of ether oxygens (including phenoxy) is 1. The molecule has 1 aromatic rings. The molecule has 0 saturated carbocycles. The molecule has 1 unspecified atom stereocenters. The number of nitrogens with zero attached hydrogens (tertiary/aromatic N) is 1. The van der Waals surface area contributed by atoms with Crippen LogP contribution >= 0.6 is 0 Å². The molecule has 1 atom stereocenters. The molecule has 1 aliphatic rings. The van der Waals surface area contributed by atoms with Crippen molar-refractivity contribution in [3.63, 3.8) is 0 Å². The van der Waals surface area contributed by atoms with Crippen molar-refractivity contribution in [1.82, 2.24) is 10.2 Å². The molecule has 1 aliphatic heterocycles. The summed E-state index contributed by atoms with van der Waals surface area (Å²) in [4.78, 5) is 24.8. The number of carboxylic acid groups (broad SMARTS) is 1. The van der Waals surface area contributed by atoms with Gasteiger partial charge in [-0.1, -0.05) is 30.3 Å². The average molecular weight is 264 g/mol. The van der Waals surface area contributed by atoms with Crippen LogP contribution in [0.5, 0.6) is 0 Å². The standard InChI is InChI=1S/C13H16N2O4/c16-12(17)11(10-4-2-1-3-5-10)14-13(18)15-6-8-19-9-7-15/h1-5,11H,6-9H2,(H,14,18)(H,16,17). The molecule has 19 heavy (non-hydrogen) atoms. The summed E-state index contributed by atoms with van der Waals surface area (Å²) in [6.45, 7) is 1.92. The molecule has 0 spiro atoms. The van der Waals surface area contributed by atoms with Crippen LogP contribution in [-0.2, 0) is 9.53 Å². The molecule has 0 radical (unpaired) electrons. The maximum absolute atomic E-state index is 12.0. The second kappa shape index (κ2) is 6.19. The fourth-order valence-electron chi connectivity index (χ4n) is 1.91. The number of rotatable bonds is 3. The Morgan fingerprint density at radius 2 is 1.84 bits per heavy atom. The van der Waals surface area contributed by atoms with E-state index in [1.54, 1.807) is 35.2 Å². The Labute approximate surface area is 111 Å². The molecule has 0 aromatic heterocycles. The second-order valence-corrected chi connectivity index (χ2v) is 4.23. The number of hydrogen-bond acceptors (Lipinski definition) is 3. The summed E-state index contributed by atoms with van der Waals surface area (Å²) in [5, 5.41) is 11.8. The van der Waals surface area contributed by atoms with Gasteiger partial charge in [-0.05, 0) is 5.56 Å². The van der Waals surface area contributed by atoms with Gasteiger partial charge in [-0.2, -0.15) is 0 Å². The number of carboxylic acids is 1. The first-order chi connectivity index (χ1) is 9.18. The smallest absolute Gasteiger partial charge is 0.330 e. The van der Waals surface area contributed by atoms with E-state index < -0.39 is 12.0 Å². The highest BCUT2D eigenvalue weighted by atomic mass is 16.5. The largest absolute Gasteiger partial charge is 0.479 e. The number of benzene rings is 1. The Balaban J connectivity index is 2.04. The van der Waals surface area contributed by atoms with Gasteiger partial charge in [-0.25, -0.2) is 9.59 Å². The molecule has 0 bridgehead atoms. The monoisotopic (exact) mass is 264 g/mol. The lowest BCUT2D eigenvalue weighted by Gasteiger charge is -2.28. The van der Waals surface area contributed by atoms with Crippen LogP contribution in [0.15, 0.2) is 30.3 Å². The minimum atomic E-state index is -1.08. The van der Waals surface area contributed by atoms with Crippen LogP contribution in [0.3, 0.4) is 0 Å². The van der Waals surface area contributed by atoms with E-state index in [9.17, 15) is 14.7 Å². The number of carbonyl (C=O) groups is 2. The topological polar surface area (TPSA) is 78.9 Å². The Kier molecular flexibility index (Phi) is 4.35. The van der Waals surface area contributed by atoms with Crippen molar-refractivity contribution in [3.05, 3.63) is 35.9 Å². The zero-order valence-electron chi connectivity index (χ0n) is 10.4. The van der Waals surface area contributed by atoms with Crippen molar-refractivity contribution in [2.24, 2.45) is 0 Å².